The first kappa shape index (κ1) is 54.9. The molecule has 3 atom stereocenters. The van der Waals surface area contributed by atoms with Crippen LogP contribution in [0.3, 0.4) is 0 Å². The number of esters is 1. The van der Waals surface area contributed by atoms with Crippen molar-refractivity contribution < 1.29 is 24.5 Å². The number of ether oxygens (including phenoxy) is 1. The summed E-state index contributed by atoms with van der Waals surface area (Å²) < 4.78 is 5.92. The second-order valence-corrected chi connectivity index (χ2v) is 17.6. The molecular formula is C50H99NO5. The SMILES string of the molecule is CCCCCCCCCCCCCCCCCCCC(CC(=O)NC(CO)C(O)CCCCCCCCCCCC)OC(=O)CCCCCCCCCCCC. The van der Waals surface area contributed by atoms with E-state index in [9.17, 15) is 19.8 Å². The van der Waals surface area contributed by atoms with Crippen molar-refractivity contribution >= 4 is 11.9 Å². The highest BCUT2D eigenvalue weighted by Crippen LogP contribution is 2.19. The standard InChI is InChI=1S/C50H99NO5/c1-4-7-10-13-16-19-22-23-24-25-26-27-28-29-32-35-38-41-46(56-50(55)43-40-37-34-31-21-18-15-12-9-6-3)44-49(54)51-47(45-52)48(53)42-39-36-33-30-20-17-14-11-8-5-2/h46-48,52-53H,4-45H2,1-3H3,(H,51,54). The van der Waals surface area contributed by atoms with Gasteiger partial charge in [-0.15, -0.1) is 0 Å². The van der Waals surface area contributed by atoms with Crippen LogP contribution < -0.4 is 5.32 Å². The van der Waals surface area contributed by atoms with E-state index in [1.165, 1.54) is 193 Å². The Morgan fingerprint density at radius 3 is 1.09 bits per heavy atom. The Hall–Kier alpha value is -1.14. The smallest absolute Gasteiger partial charge is 0.306 e. The highest BCUT2D eigenvalue weighted by atomic mass is 16.5. The zero-order valence-corrected chi connectivity index (χ0v) is 38.0. The highest BCUT2D eigenvalue weighted by molar-refractivity contribution is 5.77. The number of hydrogen-bond acceptors (Lipinski definition) is 5. The zero-order chi connectivity index (χ0) is 41.0. The summed E-state index contributed by atoms with van der Waals surface area (Å²) in [5, 5.41) is 23.7. The van der Waals surface area contributed by atoms with Gasteiger partial charge in [-0.3, -0.25) is 9.59 Å². The van der Waals surface area contributed by atoms with E-state index in [1.54, 1.807) is 0 Å². The summed E-state index contributed by atoms with van der Waals surface area (Å²) in [6.45, 7) is 6.49. The highest BCUT2D eigenvalue weighted by Gasteiger charge is 2.24. The number of carbonyl (C=O) groups is 2. The van der Waals surface area contributed by atoms with Crippen molar-refractivity contribution in [1.82, 2.24) is 5.32 Å². The fourth-order valence-corrected chi connectivity index (χ4v) is 8.08. The van der Waals surface area contributed by atoms with Crippen LogP contribution in [0.1, 0.15) is 284 Å². The molecule has 6 nitrogen and oxygen atoms in total. The van der Waals surface area contributed by atoms with E-state index in [2.05, 4.69) is 26.1 Å². The van der Waals surface area contributed by atoms with Crippen LogP contribution in [-0.2, 0) is 14.3 Å². The fraction of sp³-hybridized carbons (Fsp3) is 0.960. The Labute approximate surface area is 349 Å². The Bertz CT molecular complexity index is 806. The van der Waals surface area contributed by atoms with Gasteiger partial charge in [0, 0.05) is 6.42 Å². The van der Waals surface area contributed by atoms with Crippen LogP contribution in [0.5, 0.6) is 0 Å². The quantitative estimate of drug-likeness (QED) is 0.0421. The van der Waals surface area contributed by atoms with Crippen molar-refractivity contribution in [3.63, 3.8) is 0 Å². The Morgan fingerprint density at radius 1 is 0.446 bits per heavy atom. The maximum Gasteiger partial charge on any atom is 0.306 e. The Morgan fingerprint density at radius 2 is 0.750 bits per heavy atom. The van der Waals surface area contributed by atoms with Crippen molar-refractivity contribution in [1.29, 1.82) is 0 Å². The lowest BCUT2D eigenvalue weighted by atomic mass is 10.0. The first-order valence-electron chi connectivity index (χ1n) is 25.3. The van der Waals surface area contributed by atoms with Gasteiger partial charge >= 0.3 is 5.97 Å². The van der Waals surface area contributed by atoms with Gasteiger partial charge in [-0.2, -0.15) is 0 Å². The van der Waals surface area contributed by atoms with Crippen LogP contribution in [0, 0.1) is 0 Å². The van der Waals surface area contributed by atoms with Gasteiger partial charge in [0.25, 0.3) is 0 Å². The largest absolute Gasteiger partial charge is 0.462 e. The van der Waals surface area contributed by atoms with Crippen molar-refractivity contribution in [3.05, 3.63) is 0 Å². The topological polar surface area (TPSA) is 95.9 Å². The molecule has 0 rings (SSSR count). The molecule has 0 aliphatic carbocycles. The predicted octanol–water partition coefficient (Wildman–Crippen LogP) is 14.8. The molecule has 334 valence electrons. The van der Waals surface area contributed by atoms with Crippen LogP contribution in [0.2, 0.25) is 0 Å². The third-order valence-electron chi connectivity index (χ3n) is 11.9. The van der Waals surface area contributed by atoms with Gasteiger partial charge in [-0.1, -0.05) is 245 Å². The second kappa shape index (κ2) is 45.0. The summed E-state index contributed by atoms with van der Waals surface area (Å²) in [5.41, 5.74) is 0. The summed E-state index contributed by atoms with van der Waals surface area (Å²) in [4.78, 5) is 26.0. The summed E-state index contributed by atoms with van der Waals surface area (Å²) >= 11 is 0. The molecule has 0 spiro atoms. The van der Waals surface area contributed by atoms with Crippen LogP contribution in [0.25, 0.3) is 0 Å². The van der Waals surface area contributed by atoms with E-state index < -0.39 is 18.2 Å². The lowest BCUT2D eigenvalue weighted by molar-refractivity contribution is -0.151. The fourth-order valence-electron chi connectivity index (χ4n) is 8.08. The Kier molecular flexibility index (Phi) is 44.0. The molecule has 0 aromatic rings. The number of nitrogens with one attached hydrogen (secondary N) is 1. The minimum absolute atomic E-state index is 0.0874. The predicted molar refractivity (Wildman–Crippen MR) is 241 cm³/mol. The van der Waals surface area contributed by atoms with Gasteiger partial charge in [0.1, 0.15) is 6.10 Å². The van der Waals surface area contributed by atoms with E-state index in [1.807, 2.05) is 0 Å². The van der Waals surface area contributed by atoms with E-state index in [-0.39, 0.29) is 24.9 Å². The molecule has 0 heterocycles. The van der Waals surface area contributed by atoms with Gasteiger partial charge in [-0.05, 0) is 25.7 Å². The van der Waals surface area contributed by atoms with Gasteiger partial charge in [0.05, 0.1) is 25.2 Å². The average Bonchev–Trinajstić information content (AvgIpc) is 3.19. The molecule has 0 saturated carbocycles. The maximum absolute atomic E-state index is 13.2. The average molecular weight is 794 g/mol. The lowest BCUT2D eigenvalue weighted by Crippen LogP contribution is -2.46. The number of carbonyl (C=O) groups excluding carboxylic acids is 2. The summed E-state index contributed by atoms with van der Waals surface area (Å²) in [7, 11) is 0. The van der Waals surface area contributed by atoms with Crippen molar-refractivity contribution in [2.75, 3.05) is 6.61 Å². The molecule has 0 saturated heterocycles. The normalized spacial score (nSPS) is 13.2. The van der Waals surface area contributed by atoms with E-state index in [0.29, 0.717) is 19.3 Å². The molecule has 0 aromatic heterocycles. The van der Waals surface area contributed by atoms with Crippen molar-refractivity contribution in [2.24, 2.45) is 0 Å². The van der Waals surface area contributed by atoms with Gasteiger partial charge in [0.2, 0.25) is 5.91 Å². The number of rotatable bonds is 46. The molecular weight excluding hydrogens is 695 g/mol. The molecule has 0 radical (unpaired) electrons. The second-order valence-electron chi connectivity index (χ2n) is 17.6. The number of hydrogen-bond donors (Lipinski definition) is 3. The molecule has 0 aliphatic rings. The summed E-state index contributed by atoms with van der Waals surface area (Å²) in [6, 6.07) is -0.690. The molecule has 0 bridgehead atoms. The van der Waals surface area contributed by atoms with Crippen LogP contribution in [0.4, 0.5) is 0 Å². The van der Waals surface area contributed by atoms with E-state index >= 15 is 0 Å². The number of aliphatic hydroxyl groups excluding tert-OH is 2. The van der Waals surface area contributed by atoms with Gasteiger partial charge < -0.3 is 20.3 Å². The first-order chi connectivity index (χ1) is 27.5. The van der Waals surface area contributed by atoms with Gasteiger partial charge in [0.15, 0.2) is 0 Å². The van der Waals surface area contributed by atoms with E-state index in [4.69, 9.17) is 4.74 Å². The minimum Gasteiger partial charge on any atom is -0.462 e. The van der Waals surface area contributed by atoms with Crippen molar-refractivity contribution in [3.8, 4) is 0 Å². The maximum atomic E-state index is 13.2. The molecule has 0 fully saturated rings. The number of aliphatic hydroxyl groups is 2. The third-order valence-corrected chi connectivity index (χ3v) is 11.9. The van der Waals surface area contributed by atoms with Crippen LogP contribution >= 0.6 is 0 Å². The zero-order valence-electron chi connectivity index (χ0n) is 38.0. The van der Waals surface area contributed by atoms with Gasteiger partial charge in [-0.25, -0.2) is 0 Å². The number of amides is 1. The lowest BCUT2D eigenvalue weighted by Gasteiger charge is -2.24. The van der Waals surface area contributed by atoms with Crippen LogP contribution in [0.15, 0.2) is 0 Å². The summed E-state index contributed by atoms with van der Waals surface area (Å²) in [6.07, 6.45) is 47.4. The molecule has 6 heteroatoms. The number of unbranched alkanes of at least 4 members (excludes halogenated alkanes) is 34. The molecule has 1 amide bonds. The third kappa shape index (κ3) is 39.7. The molecule has 56 heavy (non-hydrogen) atoms. The summed E-state index contributed by atoms with van der Waals surface area (Å²) in [5.74, 6) is -0.455. The molecule has 0 aliphatic heterocycles. The molecule has 0 aromatic carbocycles. The molecule has 3 N–H and O–H groups in total. The van der Waals surface area contributed by atoms with E-state index in [0.717, 1.165) is 44.9 Å². The first-order valence-corrected chi connectivity index (χ1v) is 25.3. The minimum atomic E-state index is -0.777. The molecule has 3 unspecified atom stereocenters. The van der Waals surface area contributed by atoms with Crippen molar-refractivity contribution in [2.45, 2.75) is 302 Å². The Balaban J connectivity index is 4.49. The monoisotopic (exact) mass is 794 g/mol. The van der Waals surface area contributed by atoms with Crippen LogP contribution in [-0.4, -0.2) is 46.9 Å².